The topological polar surface area (TPSA) is 3.24 Å². The molecule has 0 aromatic carbocycles. The minimum absolute atomic E-state index is 0.488. The second-order valence-electron chi connectivity index (χ2n) is 2.88. The molecule has 0 aliphatic carbocycles. The van der Waals surface area contributed by atoms with Crippen molar-refractivity contribution in [1.82, 2.24) is 4.90 Å². The lowest BCUT2D eigenvalue weighted by molar-refractivity contribution is 0.321. The lowest BCUT2D eigenvalue weighted by atomic mass is 9.99. The van der Waals surface area contributed by atoms with Crippen LogP contribution in [0.1, 0.15) is 12.8 Å². The van der Waals surface area contributed by atoms with Crippen LogP contribution >= 0.6 is 49.7 Å². The van der Waals surface area contributed by atoms with Crippen LogP contribution in [0.25, 0.3) is 0 Å². The number of thiol groups is 2. The van der Waals surface area contributed by atoms with Gasteiger partial charge in [-0.15, -0.1) is 25.3 Å². The average Bonchev–Trinajstić information content (AvgIpc) is 2.04. The van der Waals surface area contributed by atoms with E-state index in [-0.39, 0.29) is 0 Å². The van der Waals surface area contributed by atoms with E-state index in [0.29, 0.717) is 10.2 Å². The van der Waals surface area contributed by atoms with E-state index in [1.54, 1.807) is 0 Å². The van der Waals surface area contributed by atoms with Gasteiger partial charge in [-0.05, 0) is 12.8 Å². The highest BCUT2D eigenvalue weighted by Crippen LogP contribution is 2.21. The van der Waals surface area contributed by atoms with Gasteiger partial charge in [0.2, 0.25) is 0 Å². The number of likely N-dealkylation sites (tertiary alicyclic amines) is 1. The van der Waals surface area contributed by atoms with Crippen molar-refractivity contribution >= 4 is 58.2 Å². The number of hydrogen-bond donors (Lipinski definition) is 2. The fraction of sp³-hybridized carbons (Fsp3) is 0.714. The Bertz CT molecular complexity index is 174. The van der Waals surface area contributed by atoms with Crippen molar-refractivity contribution in [3.05, 3.63) is 0 Å². The molecule has 1 aliphatic rings. The molecule has 0 bridgehead atoms. The molecule has 1 saturated heterocycles. The largest absolute Gasteiger partial charge is 0.358 e. The molecule has 68 valence electrons. The van der Waals surface area contributed by atoms with Gasteiger partial charge in [0.25, 0.3) is 0 Å². The first-order valence-electron chi connectivity index (χ1n) is 3.82. The summed E-state index contributed by atoms with van der Waals surface area (Å²) >= 11 is 18.3. The summed E-state index contributed by atoms with van der Waals surface area (Å²) in [6, 6.07) is 0. The van der Waals surface area contributed by atoms with Crippen LogP contribution in [0.3, 0.4) is 0 Å². The van der Waals surface area contributed by atoms with Crippen molar-refractivity contribution in [3.63, 3.8) is 0 Å². The lowest BCUT2D eigenvalue weighted by Gasteiger charge is -2.31. The van der Waals surface area contributed by atoms with Crippen LogP contribution in [0.4, 0.5) is 0 Å². The molecule has 1 nitrogen and oxygen atoms in total. The molecule has 0 aromatic heterocycles. The van der Waals surface area contributed by atoms with Gasteiger partial charge in [0.05, 0.1) is 0 Å². The molecule has 1 heterocycles. The minimum atomic E-state index is 0.488. The zero-order valence-corrected chi connectivity index (χ0v) is 9.99. The summed E-state index contributed by atoms with van der Waals surface area (Å²) in [7, 11) is 0. The van der Waals surface area contributed by atoms with Crippen molar-refractivity contribution in [2.45, 2.75) is 12.8 Å². The molecule has 0 saturated carbocycles. The Hall–Kier alpha value is 0.680. The zero-order valence-electron chi connectivity index (χ0n) is 6.56. The Labute approximate surface area is 94.7 Å². The van der Waals surface area contributed by atoms with E-state index in [4.69, 9.17) is 24.4 Å². The van der Waals surface area contributed by atoms with Crippen LogP contribution in [-0.4, -0.2) is 26.5 Å². The van der Waals surface area contributed by atoms with Gasteiger partial charge in [-0.1, -0.05) is 24.4 Å². The molecule has 1 fully saturated rings. The third-order valence-electron chi connectivity index (χ3n) is 2.11. The molecule has 0 radical (unpaired) electrons. The summed E-state index contributed by atoms with van der Waals surface area (Å²) in [5.74, 6) is 0.488. The molecule has 1 aliphatic heterocycles. The summed E-state index contributed by atoms with van der Waals surface area (Å²) in [6.07, 6.45) is 2.12. The molecule has 12 heavy (non-hydrogen) atoms. The van der Waals surface area contributed by atoms with Gasteiger partial charge in [0, 0.05) is 23.2 Å². The van der Waals surface area contributed by atoms with Crippen molar-refractivity contribution in [3.8, 4) is 0 Å². The molecule has 0 aromatic rings. The first-order chi connectivity index (χ1) is 5.61. The van der Waals surface area contributed by atoms with Crippen LogP contribution in [0.2, 0.25) is 0 Å². The summed E-state index contributed by atoms with van der Waals surface area (Å²) in [6.45, 7) is 1.93. The van der Waals surface area contributed by atoms with Gasteiger partial charge in [-0.3, -0.25) is 0 Å². The smallest absolute Gasteiger partial charge is 0.133 e. The third-order valence-corrected chi connectivity index (χ3v) is 3.35. The van der Waals surface area contributed by atoms with E-state index in [0.717, 1.165) is 30.1 Å². The molecule has 0 spiro atoms. The summed E-state index contributed by atoms with van der Waals surface area (Å²) in [5, 5.41) is 0. The molecule has 0 N–H and O–H groups in total. The standard InChI is InChI=1S/C7H11NS4/c9-6(10)5-1-3-8(4-2-5)7(11)12/h5H,1-4H2,(H,9,10)(H,11,12). The fourth-order valence-electron chi connectivity index (χ4n) is 1.32. The van der Waals surface area contributed by atoms with E-state index < -0.39 is 0 Å². The van der Waals surface area contributed by atoms with Gasteiger partial charge in [-0.2, -0.15) is 0 Å². The quantitative estimate of drug-likeness (QED) is 0.532. The Balaban J connectivity index is 2.39. The van der Waals surface area contributed by atoms with Gasteiger partial charge in [-0.25, -0.2) is 0 Å². The Morgan fingerprint density at radius 2 is 1.67 bits per heavy atom. The SMILES string of the molecule is S=C(S)C1CCN(C(=S)S)CC1. The monoisotopic (exact) mass is 237 g/mol. The molecule has 0 amide bonds. The van der Waals surface area contributed by atoms with Crippen molar-refractivity contribution in [1.29, 1.82) is 0 Å². The number of hydrogen-bond acceptors (Lipinski definition) is 2. The van der Waals surface area contributed by atoms with Crippen LogP contribution < -0.4 is 0 Å². The maximum absolute atomic E-state index is 5.01. The van der Waals surface area contributed by atoms with Crippen molar-refractivity contribution < 1.29 is 0 Å². The molecule has 5 heteroatoms. The highest BCUT2D eigenvalue weighted by atomic mass is 32.1. The second-order valence-corrected chi connectivity index (χ2v) is 5.22. The van der Waals surface area contributed by atoms with Crippen molar-refractivity contribution in [2.75, 3.05) is 13.1 Å². The molecular formula is C7H11NS4. The third kappa shape index (κ3) is 2.87. The van der Waals surface area contributed by atoms with E-state index in [1.165, 1.54) is 0 Å². The maximum atomic E-state index is 5.01. The fourth-order valence-corrected chi connectivity index (χ4v) is 2.19. The minimum Gasteiger partial charge on any atom is -0.358 e. The molecular weight excluding hydrogens is 226 g/mol. The predicted octanol–water partition coefficient (Wildman–Crippen LogP) is 2.17. The highest BCUT2D eigenvalue weighted by Gasteiger charge is 2.20. The molecule has 1 rings (SSSR count). The Kier molecular flexibility index (Phi) is 4.29. The number of piperidine rings is 1. The van der Waals surface area contributed by atoms with E-state index in [2.05, 4.69) is 30.2 Å². The van der Waals surface area contributed by atoms with Gasteiger partial charge in [0.1, 0.15) is 4.32 Å². The summed E-state index contributed by atoms with van der Waals surface area (Å²) in [4.78, 5) is 2.10. The maximum Gasteiger partial charge on any atom is 0.133 e. The zero-order chi connectivity index (χ0) is 9.14. The van der Waals surface area contributed by atoms with E-state index in [9.17, 15) is 0 Å². The Morgan fingerprint density at radius 3 is 2.00 bits per heavy atom. The summed E-state index contributed by atoms with van der Waals surface area (Å²) < 4.78 is 1.53. The van der Waals surface area contributed by atoms with E-state index in [1.807, 2.05) is 0 Å². The van der Waals surface area contributed by atoms with Crippen LogP contribution in [0, 0.1) is 5.92 Å². The predicted molar refractivity (Wildman–Crippen MR) is 67.5 cm³/mol. The highest BCUT2D eigenvalue weighted by molar-refractivity contribution is 8.11. The molecule has 0 atom stereocenters. The van der Waals surface area contributed by atoms with Crippen molar-refractivity contribution in [2.24, 2.45) is 5.92 Å². The second kappa shape index (κ2) is 4.79. The lowest BCUT2D eigenvalue weighted by Crippen LogP contribution is -2.36. The van der Waals surface area contributed by atoms with Crippen LogP contribution in [0.15, 0.2) is 0 Å². The first-order valence-corrected chi connectivity index (χ1v) is 5.53. The number of rotatable bonds is 1. The van der Waals surface area contributed by atoms with Crippen LogP contribution in [0.5, 0.6) is 0 Å². The van der Waals surface area contributed by atoms with Gasteiger partial charge < -0.3 is 4.90 Å². The first kappa shape index (κ1) is 10.8. The number of nitrogens with zero attached hydrogens (tertiary/aromatic N) is 1. The van der Waals surface area contributed by atoms with E-state index >= 15 is 0 Å². The van der Waals surface area contributed by atoms with Gasteiger partial charge in [0.15, 0.2) is 0 Å². The van der Waals surface area contributed by atoms with Gasteiger partial charge >= 0.3 is 0 Å². The van der Waals surface area contributed by atoms with Crippen LogP contribution in [-0.2, 0) is 0 Å². The number of thiocarbonyl (C=S) groups is 2. The molecule has 0 unspecified atom stereocenters. The Morgan fingerprint density at radius 1 is 1.17 bits per heavy atom. The summed E-state index contributed by atoms with van der Waals surface area (Å²) in [5.41, 5.74) is 0. The average molecular weight is 237 g/mol. The normalized spacial score (nSPS) is 19.3.